The van der Waals surface area contributed by atoms with Crippen LogP contribution in [0.1, 0.15) is 43.8 Å². The van der Waals surface area contributed by atoms with Gasteiger partial charge in [0.2, 0.25) is 5.89 Å². The van der Waals surface area contributed by atoms with Crippen molar-refractivity contribution in [3.63, 3.8) is 0 Å². The van der Waals surface area contributed by atoms with Crippen molar-refractivity contribution in [2.24, 2.45) is 0 Å². The number of hydrogen-bond donors (Lipinski definition) is 0. The Balaban J connectivity index is 1.89. The number of rotatable bonds is 6. The Morgan fingerprint density at radius 2 is 2.04 bits per heavy atom. The van der Waals surface area contributed by atoms with Gasteiger partial charge in [0.1, 0.15) is 0 Å². The second-order valence-electron chi connectivity index (χ2n) is 5.09. The Labute approximate surface area is 136 Å². The van der Waals surface area contributed by atoms with E-state index in [9.17, 15) is 8.78 Å². The number of fused-ring (bicyclic) bond motifs is 1. The van der Waals surface area contributed by atoms with Gasteiger partial charge >= 0.3 is 6.55 Å². The summed E-state index contributed by atoms with van der Waals surface area (Å²) in [7, 11) is 0. The highest BCUT2D eigenvalue weighted by Gasteiger charge is 2.23. The van der Waals surface area contributed by atoms with Crippen molar-refractivity contribution >= 4 is 22.8 Å². The summed E-state index contributed by atoms with van der Waals surface area (Å²) in [5.41, 5.74) is 0.953. The molecule has 0 bridgehead atoms. The van der Waals surface area contributed by atoms with E-state index < -0.39 is 6.55 Å². The molecule has 2 heterocycles. The van der Waals surface area contributed by atoms with Gasteiger partial charge in [-0.05, 0) is 25.5 Å². The lowest BCUT2D eigenvalue weighted by Crippen LogP contribution is -2.01. The first kappa shape index (κ1) is 15.9. The molecule has 0 amide bonds. The van der Waals surface area contributed by atoms with Gasteiger partial charge in [0, 0.05) is 6.42 Å². The number of nitrogens with zero attached hydrogens (tertiary/aromatic N) is 4. The van der Waals surface area contributed by atoms with E-state index in [1.54, 1.807) is 24.3 Å². The molecule has 2 aromatic heterocycles. The van der Waals surface area contributed by atoms with Gasteiger partial charge in [0.15, 0.2) is 11.0 Å². The first-order chi connectivity index (χ1) is 11.1. The van der Waals surface area contributed by atoms with E-state index in [1.165, 1.54) is 11.8 Å². The predicted octanol–water partition coefficient (Wildman–Crippen LogP) is 4.62. The second-order valence-corrected chi connectivity index (χ2v) is 6.40. The minimum absolute atomic E-state index is 0.240. The molecule has 0 aliphatic rings. The summed E-state index contributed by atoms with van der Waals surface area (Å²) in [4.78, 5) is 8.60. The van der Waals surface area contributed by atoms with Crippen LogP contribution in [-0.2, 0) is 6.42 Å². The van der Waals surface area contributed by atoms with Crippen LogP contribution in [-0.4, -0.2) is 19.7 Å². The molecular formula is C15H16F2N4OS. The van der Waals surface area contributed by atoms with Gasteiger partial charge in [-0.25, -0.2) is 4.98 Å². The van der Waals surface area contributed by atoms with Crippen molar-refractivity contribution in [1.82, 2.24) is 19.7 Å². The Bertz CT molecular complexity index is 802. The van der Waals surface area contributed by atoms with Crippen LogP contribution in [0.2, 0.25) is 0 Å². The molecule has 1 atom stereocenters. The third-order valence-corrected chi connectivity index (χ3v) is 4.40. The summed E-state index contributed by atoms with van der Waals surface area (Å²) in [6.45, 7) is 1.21. The number of thioether (sulfide) groups is 1. The molecule has 0 radical (unpaired) electrons. The second kappa shape index (κ2) is 6.66. The van der Waals surface area contributed by atoms with Gasteiger partial charge in [0.25, 0.3) is 0 Å². The number of aryl methyl sites for hydroxylation is 1. The van der Waals surface area contributed by atoms with Gasteiger partial charge in [-0.1, -0.05) is 36.0 Å². The van der Waals surface area contributed by atoms with Crippen LogP contribution in [0.25, 0.3) is 11.0 Å². The largest absolute Gasteiger partial charge is 0.338 e. The summed E-state index contributed by atoms with van der Waals surface area (Å²) in [5, 5.41) is 3.87. The smallest absolute Gasteiger partial charge is 0.321 e. The van der Waals surface area contributed by atoms with Crippen LogP contribution < -0.4 is 0 Å². The minimum Gasteiger partial charge on any atom is -0.338 e. The lowest BCUT2D eigenvalue weighted by atomic mass is 10.3. The molecule has 0 aliphatic carbocycles. The molecule has 1 aromatic carbocycles. The van der Waals surface area contributed by atoms with Gasteiger partial charge in [0.05, 0.1) is 16.3 Å². The molecule has 0 aliphatic heterocycles. The third-order valence-electron chi connectivity index (χ3n) is 3.35. The maximum absolute atomic E-state index is 13.4. The van der Waals surface area contributed by atoms with Crippen molar-refractivity contribution in [3.05, 3.63) is 36.0 Å². The van der Waals surface area contributed by atoms with E-state index in [4.69, 9.17) is 4.52 Å². The van der Waals surface area contributed by atoms with Crippen LogP contribution in [0.3, 0.4) is 0 Å². The number of benzene rings is 1. The van der Waals surface area contributed by atoms with E-state index in [0.717, 1.165) is 17.4 Å². The Kier molecular flexibility index (Phi) is 4.61. The van der Waals surface area contributed by atoms with Crippen molar-refractivity contribution in [1.29, 1.82) is 0 Å². The highest BCUT2D eigenvalue weighted by molar-refractivity contribution is 7.99. The molecule has 3 aromatic rings. The first-order valence-corrected chi connectivity index (χ1v) is 8.22. The molecule has 5 nitrogen and oxygen atoms in total. The molecule has 3 rings (SSSR count). The van der Waals surface area contributed by atoms with Gasteiger partial charge in [-0.15, -0.1) is 0 Å². The molecule has 0 saturated carbocycles. The number of aromatic nitrogens is 4. The van der Waals surface area contributed by atoms with E-state index in [-0.39, 0.29) is 10.4 Å². The highest BCUT2D eigenvalue weighted by atomic mass is 32.2. The summed E-state index contributed by atoms with van der Waals surface area (Å²) in [6.07, 6.45) is 1.65. The lowest BCUT2D eigenvalue weighted by Gasteiger charge is -2.09. The maximum Gasteiger partial charge on any atom is 0.321 e. The van der Waals surface area contributed by atoms with Crippen LogP contribution >= 0.6 is 11.8 Å². The van der Waals surface area contributed by atoms with Crippen molar-refractivity contribution < 1.29 is 13.3 Å². The summed E-state index contributed by atoms with van der Waals surface area (Å²) >= 11 is 1.18. The van der Waals surface area contributed by atoms with Crippen molar-refractivity contribution in [2.75, 3.05) is 0 Å². The van der Waals surface area contributed by atoms with Gasteiger partial charge in [-0.2, -0.15) is 13.8 Å². The highest BCUT2D eigenvalue weighted by Crippen LogP contribution is 2.37. The monoisotopic (exact) mass is 338 g/mol. The fraction of sp³-hybridized carbons (Fsp3) is 0.400. The summed E-state index contributed by atoms with van der Waals surface area (Å²) in [6, 6.07) is 6.85. The number of para-hydroxylation sites is 2. The molecule has 0 unspecified atom stereocenters. The Morgan fingerprint density at radius 1 is 1.26 bits per heavy atom. The van der Waals surface area contributed by atoms with Gasteiger partial charge in [-0.3, -0.25) is 4.57 Å². The molecule has 23 heavy (non-hydrogen) atoms. The lowest BCUT2D eigenvalue weighted by molar-refractivity contribution is 0.0656. The predicted molar refractivity (Wildman–Crippen MR) is 83.6 cm³/mol. The van der Waals surface area contributed by atoms with Crippen molar-refractivity contribution in [2.45, 2.75) is 43.6 Å². The fourth-order valence-electron chi connectivity index (χ4n) is 2.26. The summed E-state index contributed by atoms with van der Waals surface area (Å²) < 4.78 is 33.0. The van der Waals surface area contributed by atoms with Crippen LogP contribution in [0.5, 0.6) is 0 Å². The Hall–Kier alpha value is -1.96. The molecule has 8 heteroatoms. The molecular weight excluding hydrogens is 322 g/mol. The topological polar surface area (TPSA) is 56.7 Å². The average molecular weight is 338 g/mol. The first-order valence-electron chi connectivity index (χ1n) is 7.34. The standard InChI is InChI=1S/C15H16F2N4OS/c1-3-6-12-19-13(22-20-12)9(2)23-15-18-10-7-4-5-8-11(10)21(15)14(16)17/h4-5,7-9,14H,3,6H2,1-2H3/t9-/m1/s1. The molecule has 0 N–H and O–H groups in total. The van der Waals surface area contributed by atoms with E-state index in [0.29, 0.717) is 22.7 Å². The normalized spacial score (nSPS) is 13.1. The van der Waals surface area contributed by atoms with E-state index in [2.05, 4.69) is 15.1 Å². The molecule has 0 spiro atoms. The minimum atomic E-state index is -2.66. The third kappa shape index (κ3) is 3.21. The van der Waals surface area contributed by atoms with E-state index >= 15 is 0 Å². The van der Waals surface area contributed by atoms with E-state index in [1.807, 2.05) is 13.8 Å². The number of alkyl halides is 2. The fourth-order valence-corrected chi connectivity index (χ4v) is 3.22. The Morgan fingerprint density at radius 3 is 2.78 bits per heavy atom. The zero-order valence-electron chi connectivity index (χ0n) is 12.7. The number of hydrogen-bond acceptors (Lipinski definition) is 5. The van der Waals surface area contributed by atoms with Crippen LogP contribution in [0.4, 0.5) is 8.78 Å². The average Bonchev–Trinajstić information content (AvgIpc) is 3.11. The zero-order chi connectivity index (χ0) is 16.4. The van der Waals surface area contributed by atoms with Crippen LogP contribution in [0, 0.1) is 0 Å². The maximum atomic E-state index is 13.4. The molecule has 122 valence electrons. The molecule has 0 fully saturated rings. The molecule has 0 saturated heterocycles. The van der Waals surface area contributed by atoms with Crippen molar-refractivity contribution in [3.8, 4) is 0 Å². The quantitative estimate of drug-likeness (QED) is 0.614. The zero-order valence-corrected chi connectivity index (χ0v) is 13.6. The number of halogens is 2. The number of imidazole rings is 1. The summed E-state index contributed by atoms with van der Waals surface area (Å²) in [5.74, 6) is 1.06. The van der Waals surface area contributed by atoms with Gasteiger partial charge < -0.3 is 4.52 Å². The van der Waals surface area contributed by atoms with Crippen LogP contribution in [0.15, 0.2) is 33.9 Å². The SMILES string of the molecule is CCCc1noc([C@@H](C)Sc2nc3ccccc3n2C(F)F)n1.